The van der Waals surface area contributed by atoms with Crippen molar-refractivity contribution in [2.24, 2.45) is 5.92 Å². The normalized spacial score (nSPS) is 18.6. The Balaban J connectivity index is 2.20. The SMILES string of the molecule is O=C(c1cccc([N+](=O)[O-])c1Cl)N1CCCC(CCO)C1. The second-order valence-electron chi connectivity index (χ2n) is 5.17. The van der Waals surface area contributed by atoms with E-state index >= 15 is 0 Å². The first kappa shape index (κ1) is 15.7. The maximum Gasteiger partial charge on any atom is 0.288 e. The van der Waals surface area contributed by atoms with Crippen LogP contribution in [-0.4, -0.2) is 40.5 Å². The number of aliphatic hydroxyl groups excluding tert-OH is 1. The summed E-state index contributed by atoms with van der Waals surface area (Å²) in [6.45, 7) is 1.27. The van der Waals surface area contributed by atoms with Gasteiger partial charge in [-0.25, -0.2) is 0 Å². The lowest BCUT2D eigenvalue weighted by Crippen LogP contribution is -2.40. The molecule has 1 atom stereocenters. The summed E-state index contributed by atoms with van der Waals surface area (Å²) in [5.74, 6) is -0.0171. The van der Waals surface area contributed by atoms with Crippen LogP contribution >= 0.6 is 11.6 Å². The molecule has 0 radical (unpaired) electrons. The fourth-order valence-corrected chi connectivity index (χ4v) is 2.94. The maximum absolute atomic E-state index is 12.5. The number of rotatable bonds is 4. The number of halogens is 1. The molecule has 21 heavy (non-hydrogen) atoms. The molecule has 1 unspecified atom stereocenters. The van der Waals surface area contributed by atoms with Crippen LogP contribution in [0.4, 0.5) is 5.69 Å². The average Bonchev–Trinajstić information content (AvgIpc) is 2.47. The Morgan fingerprint density at radius 1 is 1.52 bits per heavy atom. The number of nitrogens with zero attached hydrogens (tertiary/aromatic N) is 2. The first-order valence-electron chi connectivity index (χ1n) is 6.87. The quantitative estimate of drug-likeness (QED) is 0.684. The van der Waals surface area contributed by atoms with E-state index in [-0.39, 0.29) is 34.7 Å². The number of nitro groups is 1. The zero-order chi connectivity index (χ0) is 15.4. The monoisotopic (exact) mass is 312 g/mol. The Kier molecular flexibility index (Phi) is 5.14. The van der Waals surface area contributed by atoms with Crippen molar-refractivity contribution in [1.82, 2.24) is 4.90 Å². The predicted molar refractivity (Wildman–Crippen MR) is 78.4 cm³/mol. The third-order valence-corrected chi connectivity index (χ3v) is 4.15. The van der Waals surface area contributed by atoms with Crippen LogP contribution in [0.2, 0.25) is 5.02 Å². The number of benzene rings is 1. The molecule has 0 spiro atoms. The first-order chi connectivity index (χ1) is 10.0. The number of hydrogen-bond donors (Lipinski definition) is 1. The van der Waals surface area contributed by atoms with Gasteiger partial charge in [-0.05, 0) is 31.2 Å². The van der Waals surface area contributed by atoms with E-state index in [4.69, 9.17) is 16.7 Å². The minimum Gasteiger partial charge on any atom is -0.396 e. The Hall–Kier alpha value is -1.66. The Bertz CT molecular complexity index is 548. The summed E-state index contributed by atoms with van der Waals surface area (Å²) < 4.78 is 0. The second-order valence-corrected chi connectivity index (χ2v) is 5.55. The number of aliphatic hydroxyl groups is 1. The molecule has 1 aromatic carbocycles. The number of hydrogen-bond acceptors (Lipinski definition) is 4. The number of likely N-dealkylation sites (tertiary alicyclic amines) is 1. The van der Waals surface area contributed by atoms with Crippen LogP contribution in [0.1, 0.15) is 29.6 Å². The third kappa shape index (κ3) is 3.51. The van der Waals surface area contributed by atoms with Crippen LogP contribution < -0.4 is 0 Å². The fourth-order valence-electron chi connectivity index (χ4n) is 2.66. The molecular weight excluding hydrogens is 296 g/mol. The van der Waals surface area contributed by atoms with Gasteiger partial charge in [0.1, 0.15) is 5.02 Å². The molecule has 0 aromatic heterocycles. The minimum absolute atomic E-state index is 0.101. The highest BCUT2D eigenvalue weighted by Crippen LogP contribution is 2.30. The van der Waals surface area contributed by atoms with Gasteiger partial charge in [0, 0.05) is 25.8 Å². The standard InChI is InChI=1S/C14H17ClN2O4/c15-13-11(4-1-5-12(13)17(20)21)14(19)16-7-2-3-10(9-16)6-8-18/h1,4-5,10,18H,2-3,6-9H2. The molecule has 0 saturated carbocycles. The van der Waals surface area contributed by atoms with E-state index in [1.165, 1.54) is 18.2 Å². The smallest absolute Gasteiger partial charge is 0.288 e. The van der Waals surface area contributed by atoms with E-state index in [2.05, 4.69) is 0 Å². The van der Waals surface area contributed by atoms with Gasteiger partial charge in [0.05, 0.1) is 10.5 Å². The summed E-state index contributed by atoms with van der Waals surface area (Å²) in [4.78, 5) is 24.4. The second kappa shape index (κ2) is 6.87. The van der Waals surface area contributed by atoms with Gasteiger partial charge in [0.25, 0.3) is 11.6 Å². The van der Waals surface area contributed by atoms with Gasteiger partial charge in [-0.3, -0.25) is 14.9 Å². The largest absolute Gasteiger partial charge is 0.396 e. The molecule has 1 heterocycles. The minimum atomic E-state index is -0.593. The average molecular weight is 313 g/mol. The van der Waals surface area contributed by atoms with Crippen molar-refractivity contribution in [3.05, 3.63) is 38.9 Å². The van der Waals surface area contributed by atoms with E-state index in [1.807, 2.05) is 0 Å². The zero-order valence-corrected chi connectivity index (χ0v) is 12.3. The van der Waals surface area contributed by atoms with E-state index in [0.717, 1.165) is 12.8 Å². The molecule has 0 bridgehead atoms. The van der Waals surface area contributed by atoms with Crippen molar-refractivity contribution in [3.8, 4) is 0 Å². The van der Waals surface area contributed by atoms with E-state index in [1.54, 1.807) is 4.90 Å². The van der Waals surface area contributed by atoms with Crippen LogP contribution in [0.5, 0.6) is 0 Å². The summed E-state index contributed by atoms with van der Waals surface area (Å²) in [6, 6.07) is 4.25. The van der Waals surface area contributed by atoms with Gasteiger partial charge >= 0.3 is 0 Å². The van der Waals surface area contributed by atoms with Crippen molar-refractivity contribution < 1.29 is 14.8 Å². The number of piperidine rings is 1. The molecule has 2 rings (SSSR count). The summed E-state index contributed by atoms with van der Waals surface area (Å²) >= 11 is 5.99. The van der Waals surface area contributed by atoms with Crippen LogP contribution in [-0.2, 0) is 0 Å². The van der Waals surface area contributed by atoms with Gasteiger partial charge in [0.2, 0.25) is 0 Å². The van der Waals surface area contributed by atoms with Crippen molar-refractivity contribution in [2.75, 3.05) is 19.7 Å². The molecule has 1 N–H and O–H groups in total. The van der Waals surface area contributed by atoms with E-state index in [9.17, 15) is 14.9 Å². The van der Waals surface area contributed by atoms with Gasteiger partial charge in [0.15, 0.2) is 0 Å². The third-order valence-electron chi connectivity index (χ3n) is 3.75. The van der Waals surface area contributed by atoms with Crippen LogP contribution in [0, 0.1) is 16.0 Å². The number of nitro benzene ring substituents is 1. The highest BCUT2D eigenvalue weighted by Gasteiger charge is 2.27. The lowest BCUT2D eigenvalue weighted by Gasteiger charge is -2.32. The van der Waals surface area contributed by atoms with Gasteiger partial charge in [-0.15, -0.1) is 0 Å². The molecule has 114 valence electrons. The molecule has 6 nitrogen and oxygen atoms in total. The molecule has 1 aliphatic heterocycles. The molecule has 1 aliphatic rings. The van der Waals surface area contributed by atoms with Crippen molar-refractivity contribution >= 4 is 23.2 Å². The molecule has 1 fully saturated rings. The molecule has 0 aliphatic carbocycles. The molecule has 1 saturated heterocycles. The highest BCUT2D eigenvalue weighted by atomic mass is 35.5. The Labute approximate surface area is 127 Å². The highest BCUT2D eigenvalue weighted by molar-refractivity contribution is 6.35. The topological polar surface area (TPSA) is 83.7 Å². The summed E-state index contributed by atoms with van der Waals surface area (Å²) in [7, 11) is 0. The van der Waals surface area contributed by atoms with Crippen molar-refractivity contribution in [2.45, 2.75) is 19.3 Å². The van der Waals surface area contributed by atoms with E-state index < -0.39 is 4.92 Å². The van der Waals surface area contributed by atoms with Crippen molar-refractivity contribution in [3.63, 3.8) is 0 Å². The number of amides is 1. The van der Waals surface area contributed by atoms with Crippen LogP contribution in [0.3, 0.4) is 0 Å². The predicted octanol–water partition coefficient (Wildman–Crippen LogP) is 2.48. The van der Waals surface area contributed by atoms with Gasteiger partial charge < -0.3 is 10.0 Å². The molecule has 7 heteroatoms. The Morgan fingerprint density at radius 2 is 2.29 bits per heavy atom. The lowest BCUT2D eigenvalue weighted by molar-refractivity contribution is -0.384. The maximum atomic E-state index is 12.5. The zero-order valence-electron chi connectivity index (χ0n) is 11.5. The number of carbonyl (C=O) groups excluding carboxylic acids is 1. The first-order valence-corrected chi connectivity index (χ1v) is 7.25. The number of carbonyl (C=O) groups is 1. The summed E-state index contributed by atoms with van der Waals surface area (Å²) in [6.07, 6.45) is 2.50. The summed E-state index contributed by atoms with van der Waals surface area (Å²) in [5, 5.41) is 19.8. The fraction of sp³-hybridized carbons (Fsp3) is 0.500. The van der Waals surface area contributed by atoms with Crippen molar-refractivity contribution in [1.29, 1.82) is 0 Å². The van der Waals surface area contributed by atoms with E-state index in [0.29, 0.717) is 19.5 Å². The lowest BCUT2D eigenvalue weighted by atomic mass is 9.94. The Morgan fingerprint density at radius 3 is 2.95 bits per heavy atom. The molecule has 1 aromatic rings. The molecular formula is C14H17ClN2O4. The van der Waals surface area contributed by atoms with Crippen LogP contribution in [0.15, 0.2) is 18.2 Å². The summed E-state index contributed by atoms with van der Waals surface area (Å²) in [5.41, 5.74) is -0.0954. The van der Waals surface area contributed by atoms with Gasteiger partial charge in [-0.1, -0.05) is 17.7 Å². The molecule has 1 amide bonds. The van der Waals surface area contributed by atoms with Crippen LogP contribution in [0.25, 0.3) is 0 Å². The van der Waals surface area contributed by atoms with Gasteiger partial charge in [-0.2, -0.15) is 0 Å².